The van der Waals surface area contributed by atoms with Crippen LogP contribution >= 0.6 is 7.82 Å². The average Bonchev–Trinajstić information content (AvgIpc) is 3.12. The fraction of sp³-hybridized carbons (Fsp3) is 0.750. The van der Waals surface area contributed by atoms with Crippen LogP contribution < -0.4 is 68.9 Å². The molecule has 4 aliphatic carbocycles. The Kier molecular flexibility index (Phi) is 8.72. The molecule has 0 amide bonds. The van der Waals surface area contributed by atoms with Gasteiger partial charge < -0.3 is 33.5 Å². The minimum atomic E-state index is -5.36. The maximum Gasteiger partial charge on any atom is 1.00 e. The van der Waals surface area contributed by atoms with Crippen LogP contribution in [0, 0.1) is 28.6 Å². The predicted molar refractivity (Wildman–Crippen MR) is 115 cm³/mol. The van der Waals surface area contributed by atoms with Crippen molar-refractivity contribution in [2.45, 2.75) is 77.0 Å². The van der Waals surface area contributed by atoms with E-state index in [2.05, 4.69) is 11.4 Å². The largest absolute Gasteiger partial charge is 1.00 e. The second kappa shape index (κ2) is 10.0. The van der Waals surface area contributed by atoms with Crippen LogP contribution in [0.4, 0.5) is 0 Å². The zero-order chi connectivity index (χ0) is 24.9. The predicted octanol–water partition coefficient (Wildman–Crippen LogP) is -4.81. The molecule has 36 heavy (non-hydrogen) atoms. The summed E-state index contributed by atoms with van der Waals surface area (Å²) >= 11 is 0. The number of carbonyl (C=O) groups excluding carboxylic acids is 2. The zero-order valence-electron chi connectivity index (χ0n) is 21.8. The van der Waals surface area contributed by atoms with Crippen molar-refractivity contribution in [1.82, 2.24) is 0 Å². The van der Waals surface area contributed by atoms with Crippen LogP contribution in [0.2, 0.25) is 0 Å². The van der Waals surface area contributed by atoms with Gasteiger partial charge in [0.25, 0.3) is 0 Å². The summed E-state index contributed by atoms with van der Waals surface area (Å²) in [4.78, 5) is 47.8. The number of Topliss-reactive ketones (excluding diaryl/α,β-unsaturated/α-hetero) is 1. The van der Waals surface area contributed by atoms with Crippen LogP contribution in [0.15, 0.2) is 23.8 Å². The van der Waals surface area contributed by atoms with E-state index >= 15 is 0 Å². The number of hydrogen-bond acceptors (Lipinski definition) is 9. The van der Waals surface area contributed by atoms with E-state index in [0.717, 1.165) is 12.0 Å². The molecule has 8 atom stereocenters. The molecule has 0 bridgehead atoms. The molecular weight excluding hydrogens is 509 g/mol. The van der Waals surface area contributed by atoms with Gasteiger partial charge in [-0.3, -0.25) is 9.59 Å². The van der Waals surface area contributed by atoms with Crippen LogP contribution in [0.1, 0.15) is 53.4 Å². The second-order valence-corrected chi connectivity index (χ2v) is 12.6. The van der Waals surface area contributed by atoms with Crippen molar-refractivity contribution in [1.29, 1.82) is 0 Å². The molecule has 1 heterocycles. The molecule has 0 spiro atoms. The molecule has 1 aliphatic heterocycles. The van der Waals surface area contributed by atoms with Crippen LogP contribution in [-0.4, -0.2) is 46.9 Å². The Morgan fingerprint density at radius 1 is 1.25 bits per heavy atom. The number of phosphoric acid groups is 1. The first-order chi connectivity index (χ1) is 15.6. The Labute approximate surface area is 255 Å². The summed E-state index contributed by atoms with van der Waals surface area (Å²) in [7, 11) is -5.36. The van der Waals surface area contributed by atoms with E-state index in [-0.39, 0.29) is 89.1 Å². The van der Waals surface area contributed by atoms with E-state index in [1.54, 1.807) is 26.0 Å². The van der Waals surface area contributed by atoms with E-state index in [0.29, 0.717) is 12.8 Å². The van der Waals surface area contributed by atoms with Gasteiger partial charge in [-0.15, -0.1) is 0 Å². The summed E-state index contributed by atoms with van der Waals surface area (Å²) in [6.07, 6.45) is 5.90. The van der Waals surface area contributed by atoms with Crippen molar-refractivity contribution in [3.8, 4) is 0 Å². The number of rotatable bonds is 4. The quantitative estimate of drug-likeness (QED) is 0.274. The maximum absolute atomic E-state index is 13.6. The van der Waals surface area contributed by atoms with Gasteiger partial charge in [0.1, 0.15) is 6.61 Å². The third kappa shape index (κ3) is 4.62. The van der Waals surface area contributed by atoms with E-state index in [4.69, 9.17) is 9.47 Å². The summed E-state index contributed by atoms with van der Waals surface area (Å²) in [6, 6.07) is 0. The molecule has 4 fully saturated rings. The third-order valence-corrected chi connectivity index (χ3v) is 9.70. The molecule has 1 saturated heterocycles. The smallest absolute Gasteiger partial charge is 0.790 e. The molecule has 0 radical (unpaired) electrons. The summed E-state index contributed by atoms with van der Waals surface area (Å²) < 4.78 is 28.0. The van der Waals surface area contributed by atoms with Gasteiger partial charge >= 0.3 is 59.1 Å². The van der Waals surface area contributed by atoms with Gasteiger partial charge in [-0.25, -0.2) is 0 Å². The average molecular weight is 540 g/mol. The van der Waals surface area contributed by atoms with Crippen LogP contribution in [0.3, 0.4) is 0 Å². The fourth-order valence-corrected chi connectivity index (χ4v) is 8.44. The summed E-state index contributed by atoms with van der Waals surface area (Å²) in [5.74, 6) is -1.97. The van der Waals surface area contributed by atoms with E-state index in [1.807, 2.05) is 13.0 Å². The molecule has 0 aromatic rings. The molecule has 0 unspecified atom stereocenters. The van der Waals surface area contributed by atoms with Gasteiger partial charge in [0.15, 0.2) is 23.0 Å². The molecule has 1 N–H and O–H groups in total. The van der Waals surface area contributed by atoms with Crippen molar-refractivity contribution >= 4 is 19.4 Å². The van der Waals surface area contributed by atoms with E-state index in [9.17, 15) is 29.0 Å². The standard InChI is InChI=1S/C24H33O9P.2Na/c1-21(2)32-19-10-16-15-6-5-13-9-14(25)7-8-22(13,3)20(15)17(26)11-23(16,4)24(19,33-21)18(27)12-31-34(28,29)30;;/h7-9,15-17,19-20,26H,5-6,10-12H2,1-4H3,(H2,28,29,30);;/q;2*+1/p-2/t15-,16-,17-,19-,20+,22-,23-,24+;;/m0../s1. The molecule has 12 heteroatoms. The number of aliphatic hydroxyl groups is 1. The van der Waals surface area contributed by atoms with Gasteiger partial charge in [-0.05, 0) is 63.5 Å². The van der Waals surface area contributed by atoms with Gasteiger partial charge in [0.05, 0.1) is 20.0 Å². The first-order valence-corrected chi connectivity index (χ1v) is 13.3. The molecular formula is C24H31Na2O9P. The van der Waals surface area contributed by atoms with Gasteiger partial charge in [-0.2, -0.15) is 0 Å². The summed E-state index contributed by atoms with van der Waals surface area (Å²) in [5.41, 5.74) is -1.85. The minimum Gasteiger partial charge on any atom is -0.790 e. The molecule has 0 aromatic heterocycles. The SMILES string of the molecule is CC1(C)O[C@H]2C[C@H]3[C@@H]4CCC5=CC(=O)C=C[C@]5(C)[C@H]4[C@@H](O)C[C@]3(C)[C@]2(C(=O)COP(=O)([O-])[O-])O1.[Na+].[Na+]. The van der Waals surface area contributed by atoms with E-state index < -0.39 is 54.6 Å². The van der Waals surface area contributed by atoms with Crippen molar-refractivity contribution in [2.24, 2.45) is 28.6 Å². The van der Waals surface area contributed by atoms with Crippen molar-refractivity contribution in [3.63, 3.8) is 0 Å². The fourth-order valence-electron chi connectivity index (χ4n) is 8.17. The number of phosphoric ester groups is 1. The van der Waals surface area contributed by atoms with E-state index in [1.165, 1.54) is 0 Å². The number of aliphatic hydroxyl groups excluding tert-OH is 1. The molecule has 188 valence electrons. The first kappa shape index (κ1) is 31.3. The maximum atomic E-state index is 13.6. The van der Waals surface area contributed by atoms with Crippen molar-refractivity contribution in [3.05, 3.63) is 23.8 Å². The topological polar surface area (TPSA) is 145 Å². The Hall–Kier alpha value is 0.810. The van der Waals surface area contributed by atoms with Crippen molar-refractivity contribution < 1.29 is 102 Å². The number of allylic oxidation sites excluding steroid dienone is 4. The number of hydrogen-bond donors (Lipinski definition) is 1. The van der Waals surface area contributed by atoms with Gasteiger partial charge in [0.2, 0.25) is 0 Å². The molecule has 9 nitrogen and oxygen atoms in total. The molecule has 0 aromatic carbocycles. The minimum absolute atomic E-state index is 0. The monoisotopic (exact) mass is 540 g/mol. The molecule has 5 aliphatic rings. The summed E-state index contributed by atoms with van der Waals surface area (Å²) in [6.45, 7) is 6.42. The zero-order valence-corrected chi connectivity index (χ0v) is 26.7. The number of ether oxygens (including phenoxy) is 2. The van der Waals surface area contributed by atoms with Gasteiger partial charge in [-0.1, -0.05) is 25.5 Å². The Morgan fingerprint density at radius 2 is 1.92 bits per heavy atom. The number of fused-ring (bicyclic) bond motifs is 7. The number of carbonyl (C=O) groups is 2. The third-order valence-electron chi connectivity index (χ3n) is 9.26. The van der Waals surface area contributed by atoms with Crippen LogP contribution in [-0.2, 0) is 28.2 Å². The number of ketones is 2. The first-order valence-electron chi connectivity index (χ1n) is 11.8. The molecule has 3 saturated carbocycles. The molecule has 5 rings (SSSR count). The van der Waals surface area contributed by atoms with Gasteiger partial charge in [0, 0.05) is 16.7 Å². The summed E-state index contributed by atoms with van der Waals surface area (Å²) in [5, 5.41) is 11.6. The Morgan fingerprint density at radius 3 is 2.56 bits per heavy atom. The van der Waals surface area contributed by atoms with Crippen LogP contribution in [0.25, 0.3) is 0 Å². The van der Waals surface area contributed by atoms with Crippen molar-refractivity contribution in [2.75, 3.05) is 6.61 Å². The second-order valence-electron chi connectivity index (χ2n) is 11.4. The van der Waals surface area contributed by atoms with Crippen LogP contribution in [0.5, 0.6) is 0 Å². The normalized spacial score (nSPS) is 44.2. The Bertz CT molecular complexity index is 1050. The Balaban J connectivity index is 0.00000180.